The molecule has 0 aromatic heterocycles. The van der Waals surface area contributed by atoms with E-state index in [-0.39, 0.29) is 5.38 Å². The Hall–Kier alpha value is 0.200. The molecule has 2 unspecified atom stereocenters. The molecule has 0 heterocycles. The van der Waals surface area contributed by atoms with Crippen LogP contribution in [0.25, 0.3) is 0 Å². The summed E-state index contributed by atoms with van der Waals surface area (Å²) in [5.74, 6) is 1.01. The molecule has 0 aromatic carbocycles. The maximum Gasteiger partial charge on any atom is 0.211 e. The van der Waals surface area contributed by atoms with E-state index in [1.54, 1.807) is 0 Å². The molecule has 0 amide bonds. The Bertz CT molecular complexity index is 352. The Labute approximate surface area is 116 Å². The van der Waals surface area contributed by atoms with Gasteiger partial charge in [0.05, 0.1) is 5.75 Å². The van der Waals surface area contributed by atoms with Gasteiger partial charge in [-0.15, -0.1) is 11.6 Å². The molecule has 2 aliphatic carbocycles. The van der Waals surface area contributed by atoms with E-state index in [1.807, 2.05) is 0 Å². The first-order valence-electron chi connectivity index (χ1n) is 7.18. The molecule has 2 aliphatic rings. The quantitative estimate of drug-likeness (QED) is 0.792. The smallest absolute Gasteiger partial charge is 0.211 e. The van der Waals surface area contributed by atoms with Crippen molar-refractivity contribution in [2.75, 3.05) is 12.3 Å². The minimum atomic E-state index is -3.10. The topological polar surface area (TPSA) is 46.2 Å². The first-order valence-corrected chi connectivity index (χ1v) is 9.27. The van der Waals surface area contributed by atoms with Crippen molar-refractivity contribution in [2.45, 2.75) is 56.7 Å². The minimum absolute atomic E-state index is 0.155. The fraction of sp³-hybridized carbons (Fsp3) is 1.00. The molecule has 0 aliphatic heterocycles. The number of sulfonamides is 1. The Morgan fingerprint density at radius 3 is 2.33 bits per heavy atom. The molecule has 0 spiro atoms. The molecular weight excluding hydrogens is 270 g/mol. The number of hydrogen-bond acceptors (Lipinski definition) is 2. The molecule has 2 fully saturated rings. The van der Waals surface area contributed by atoms with Crippen LogP contribution in [0.15, 0.2) is 0 Å². The summed E-state index contributed by atoms with van der Waals surface area (Å²) < 4.78 is 26.8. The van der Waals surface area contributed by atoms with E-state index >= 15 is 0 Å². The number of nitrogens with one attached hydrogen (secondary N) is 1. The zero-order valence-corrected chi connectivity index (χ0v) is 12.5. The highest BCUT2D eigenvalue weighted by Crippen LogP contribution is 2.30. The van der Waals surface area contributed by atoms with Crippen molar-refractivity contribution >= 4 is 21.6 Å². The van der Waals surface area contributed by atoms with Crippen LogP contribution in [0.2, 0.25) is 0 Å². The highest BCUT2D eigenvalue weighted by molar-refractivity contribution is 7.89. The Balaban J connectivity index is 1.76. The van der Waals surface area contributed by atoms with Gasteiger partial charge in [-0.1, -0.05) is 25.7 Å². The molecule has 18 heavy (non-hydrogen) atoms. The second kappa shape index (κ2) is 6.58. The minimum Gasteiger partial charge on any atom is -0.215 e. The zero-order valence-electron chi connectivity index (χ0n) is 10.9. The fourth-order valence-corrected chi connectivity index (χ4v) is 5.09. The van der Waals surface area contributed by atoms with Crippen LogP contribution in [0, 0.1) is 11.8 Å². The van der Waals surface area contributed by atoms with Gasteiger partial charge in [-0.2, -0.15) is 0 Å². The number of hydrogen-bond donors (Lipinski definition) is 1. The molecule has 0 saturated heterocycles. The molecule has 106 valence electrons. The van der Waals surface area contributed by atoms with Gasteiger partial charge in [0.1, 0.15) is 0 Å². The third-order valence-electron chi connectivity index (χ3n) is 4.31. The van der Waals surface area contributed by atoms with Gasteiger partial charge in [-0.25, -0.2) is 13.1 Å². The summed E-state index contributed by atoms with van der Waals surface area (Å²) >= 11 is 6.16. The Morgan fingerprint density at radius 1 is 1.00 bits per heavy atom. The van der Waals surface area contributed by atoms with Crippen LogP contribution >= 0.6 is 11.6 Å². The van der Waals surface area contributed by atoms with Crippen LogP contribution in [0.5, 0.6) is 0 Å². The molecule has 0 bridgehead atoms. The lowest BCUT2D eigenvalue weighted by Gasteiger charge is -2.22. The van der Waals surface area contributed by atoms with Crippen molar-refractivity contribution in [1.29, 1.82) is 0 Å². The SMILES string of the molecule is O=S(=O)(CC1CCCCC1)NCC1CCCC1Cl. The second-order valence-electron chi connectivity index (χ2n) is 5.84. The maximum atomic E-state index is 12.0. The maximum absolute atomic E-state index is 12.0. The van der Waals surface area contributed by atoms with E-state index in [4.69, 9.17) is 11.6 Å². The van der Waals surface area contributed by atoms with E-state index in [2.05, 4.69) is 4.72 Å². The van der Waals surface area contributed by atoms with Crippen LogP contribution in [-0.2, 0) is 10.0 Å². The van der Waals surface area contributed by atoms with Gasteiger partial charge in [0.25, 0.3) is 0 Å². The highest BCUT2D eigenvalue weighted by atomic mass is 35.5. The van der Waals surface area contributed by atoms with Gasteiger partial charge in [0, 0.05) is 11.9 Å². The third kappa shape index (κ3) is 4.39. The largest absolute Gasteiger partial charge is 0.215 e. The van der Waals surface area contributed by atoms with Crippen LogP contribution in [0.3, 0.4) is 0 Å². The average Bonchev–Trinajstić information content (AvgIpc) is 2.73. The van der Waals surface area contributed by atoms with Gasteiger partial charge in [-0.05, 0) is 37.5 Å². The zero-order chi connectivity index (χ0) is 13.0. The van der Waals surface area contributed by atoms with Crippen molar-refractivity contribution < 1.29 is 8.42 Å². The first-order chi connectivity index (χ1) is 8.57. The summed E-state index contributed by atoms with van der Waals surface area (Å²) in [6.45, 7) is 0.531. The number of rotatable bonds is 5. The summed E-state index contributed by atoms with van der Waals surface area (Å²) in [4.78, 5) is 0. The van der Waals surface area contributed by atoms with E-state index in [9.17, 15) is 8.42 Å². The van der Waals surface area contributed by atoms with Gasteiger partial charge in [0.2, 0.25) is 10.0 Å². The van der Waals surface area contributed by atoms with Gasteiger partial charge in [-0.3, -0.25) is 0 Å². The molecule has 0 radical (unpaired) electrons. The molecule has 2 rings (SSSR count). The Kier molecular flexibility index (Phi) is 5.34. The molecule has 2 atom stereocenters. The number of halogens is 1. The van der Waals surface area contributed by atoms with Crippen molar-refractivity contribution in [3.05, 3.63) is 0 Å². The van der Waals surface area contributed by atoms with Gasteiger partial charge >= 0.3 is 0 Å². The summed E-state index contributed by atoms with van der Waals surface area (Å²) in [6.07, 6.45) is 8.99. The lowest BCUT2D eigenvalue weighted by atomic mass is 9.91. The molecule has 5 heteroatoms. The van der Waals surface area contributed by atoms with Crippen molar-refractivity contribution in [1.82, 2.24) is 4.72 Å². The predicted molar refractivity (Wildman–Crippen MR) is 75.3 cm³/mol. The molecular formula is C13H24ClNO2S. The van der Waals surface area contributed by atoms with E-state index < -0.39 is 10.0 Å². The standard InChI is InChI=1S/C13H24ClNO2S/c14-13-8-4-7-12(13)9-15-18(16,17)10-11-5-2-1-3-6-11/h11-13,15H,1-10H2. The Morgan fingerprint density at radius 2 is 1.72 bits per heavy atom. The average molecular weight is 294 g/mol. The van der Waals surface area contributed by atoms with E-state index in [1.165, 1.54) is 19.3 Å². The van der Waals surface area contributed by atoms with E-state index in [0.717, 1.165) is 32.1 Å². The molecule has 0 aromatic rings. The number of alkyl halides is 1. The predicted octanol–water partition coefficient (Wildman–Crippen LogP) is 2.89. The lowest BCUT2D eigenvalue weighted by Crippen LogP contribution is -2.35. The van der Waals surface area contributed by atoms with Gasteiger partial charge in [0.15, 0.2) is 0 Å². The van der Waals surface area contributed by atoms with Crippen molar-refractivity contribution in [3.8, 4) is 0 Å². The summed E-state index contributed by atoms with van der Waals surface area (Å²) in [5, 5.41) is 0.155. The van der Waals surface area contributed by atoms with E-state index in [0.29, 0.717) is 24.1 Å². The van der Waals surface area contributed by atoms with Crippen LogP contribution < -0.4 is 4.72 Å². The highest BCUT2D eigenvalue weighted by Gasteiger charge is 2.27. The normalized spacial score (nSPS) is 30.7. The third-order valence-corrected chi connectivity index (χ3v) is 6.40. The molecule has 3 nitrogen and oxygen atoms in total. The molecule has 1 N–H and O–H groups in total. The summed E-state index contributed by atoms with van der Waals surface area (Å²) in [6, 6.07) is 0. The van der Waals surface area contributed by atoms with Crippen LogP contribution in [0.1, 0.15) is 51.4 Å². The lowest BCUT2D eigenvalue weighted by molar-refractivity contribution is 0.383. The van der Waals surface area contributed by atoms with Crippen LogP contribution in [-0.4, -0.2) is 26.1 Å². The summed E-state index contributed by atoms with van der Waals surface area (Å²) in [7, 11) is -3.10. The van der Waals surface area contributed by atoms with Gasteiger partial charge < -0.3 is 0 Å². The van der Waals surface area contributed by atoms with Crippen molar-refractivity contribution in [2.24, 2.45) is 11.8 Å². The molecule has 2 saturated carbocycles. The van der Waals surface area contributed by atoms with Crippen molar-refractivity contribution in [3.63, 3.8) is 0 Å². The first kappa shape index (κ1) is 14.6. The second-order valence-corrected chi connectivity index (χ2v) is 8.25. The summed E-state index contributed by atoms with van der Waals surface area (Å²) in [5.41, 5.74) is 0. The fourth-order valence-electron chi connectivity index (χ4n) is 3.18. The monoisotopic (exact) mass is 293 g/mol. The van der Waals surface area contributed by atoms with Crippen LogP contribution in [0.4, 0.5) is 0 Å².